The smallest absolute Gasteiger partial charge is 0.306 e. The van der Waals surface area contributed by atoms with E-state index < -0.39 is 6.10 Å². The summed E-state index contributed by atoms with van der Waals surface area (Å²) in [5.74, 6) is -0.926. The van der Waals surface area contributed by atoms with Crippen LogP contribution in [-0.2, 0) is 28.6 Å². The Hall–Kier alpha value is -4.19. The van der Waals surface area contributed by atoms with Crippen molar-refractivity contribution >= 4 is 17.9 Å². The Morgan fingerprint density at radius 3 is 0.780 bits per heavy atom. The molecule has 82 heavy (non-hydrogen) atoms. The highest BCUT2D eigenvalue weighted by Crippen LogP contribution is 2.16. The van der Waals surface area contributed by atoms with E-state index in [-0.39, 0.29) is 31.1 Å². The van der Waals surface area contributed by atoms with Crippen LogP contribution in [0.15, 0.2) is 122 Å². The summed E-state index contributed by atoms with van der Waals surface area (Å²) in [6, 6.07) is 0. The molecule has 1 atom stereocenters. The van der Waals surface area contributed by atoms with Crippen molar-refractivity contribution in [3.63, 3.8) is 0 Å². The molecule has 0 aliphatic heterocycles. The first-order valence-electron chi connectivity index (χ1n) is 34.5. The fourth-order valence-corrected chi connectivity index (χ4v) is 9.49. The molecule has 0 heterocycles. The second-order valence-electron chi connectivity index (χ2n) is 22.7. The van der Waals surface area contributed by atoms with Crippen LogP contribution in [0.2, 0.25) is 0 Å². The van der Waals surface area contributed by atoms with E-state index in [0.29, 0.717) is 19.3 Å². The van der Waals surface area contributed by atoms with Gasteiger partial charge in [-0.1, -0.05) is 296 Å². The van der Waals surface area contributed by atoms with E-state index in [9.17, 15) is 14.4 Å². The van der Waals surface area contributed by atoms with Crippen molar-refractivity contribution < 1.29 is 28.6 Å². The largest absolute Gasteiger partial charge is 0.462 e. The van der Waals surface area contributed by atoms with Crippen LogP contribution in [0.5, 0.6) is 0 Å². The van der Waals surface area contributed by atoms with Crippen LogP contribution >= 0.6 is 0 Å². The molecule has 0 aliphatic carbocycles. The first-order valence-corrected chi connectivity index (χ1v) is 34.5. The number of hydrogen-bond donors (Lipinski definition) is 0. The van der Waals surface area contributed by atoms with Gasteiger partial charge in [0.1, 0.15) is 13.2 Å². The van der Waals surface area contributed by atoms with E-state index in [2.05, 4.69) is 142 Å². The van der Waals surface area contributed by atoms with Gasteiger partial charge < -0.3 is 14.2 Å². The van der Waals surface area contributed by atoms with Gasteiger partial charge in [0.15, 0.2) is 6.10 Å². The van der Waals surface area contributed by atoms with E-state index in [1.807, 2.05) is 0 Å². The zero-order chi connectivity index (χ0) is 59.2. The fraction of sp³-hybridized carbons (Fsp3) is 0.697. The Morgan fingerprint density at radius 1 is 0.256 bits per heavy atom. The molecule has 0 aromatic carbocycles. The molecule has 0 aromatic rings. The summed E-state index contributed by atoms with van der Waals surface area (Å²) < 4.78 is 16.9. The number of allylic oxidation sites excluding steroid dienone is 20. The molecule has 0 N–H and O–H groups in total. The van der Waals surface area contributed by atoms with E-state index in [4.69, 9.17) is 14.2 Å². The van der Waals surface area contributed by atoms with Gasteiger partial charge in [-0.2, -0.15) is 0 Å². The molecule has 0 fully saturated rings. The average molecular weight is 1140 g/mol. The summed E-state index contributed by atoms with van der Waals surface area (Å²) in [6.07, 6.45) is 96.4. The van der Waals surface area contributed by atoms with Gasteiger partial charge in [0.05, 0.1) is 0 Å². The lowest BCUT2D eigenvalue weighted by Gasteiger charge is -2.18. The minimum atomic E-state index is -0.802. The maximum absolute atomic E-state index is 12.9. The van der Waals surface area contributed by atoms with E-state index in [0.717, 1.165) is 141 Å². The van der Waals surface area contributed by atoms with E-state index in [1.54, 1.807) is 0 Å². The molecule has 0 aliphatic rings. The van der Waals surface area contributed by atoms with Crippen LogP contribution < -0.4 is 0 Å². The van der Waals surface area contributed by atoms with E-state index >= 15 is 0 Å². The summed E-state index contributed by atoms with van der Waals surface area (Å²) in [7, 11) is 0. The van der Waals surface area contributed by atoms with Crippen LogP contribution in [0.3, 0.4) is 0 Å². The SMILES string of the molecule is CC/C=C\C/C=C\C/C=C\C/C=C\C/C=C\C/C=C\CCCCCCC(=O)OC(COC(=O)CCCCCCC/C=C\C/C=C\CCCC)COC(=O)CCCCCCCCCCCCCCCCC/C=C\C/C=C\CCCCCCC. The topological polar surface area (TPSA) is 78.9 Å². The Morgan fingerprint density at radius 2 is 0.488 bits per heavy atom. The fourth-order valence-electron chi connectivity index (χ4n) is 9.49. The van der Waals surface area contributed by atoms with Crippen molar-refractivity contribution in [2.45, 2.75) is 329 Å². The number of hydrogen-bond acceptors (Lipinski definition) is 6. The van der Waals surface area contributed by atoms with Gasteiger partial charge in [-0.15, -0.1) is 0 Å². The van der Waals surface area contributed by atoms with Gasteiger partial charge >= 0.3 is 17.9 Å². The third-order valence-corrected chi connectivity index (χ3v) is 14.7. The number of esters is 3. The standard InChI is InChI=1S/C76H128O6/c1-4-7-10-13-16-19-22-25-28-30-32-34-36-37-38-39-41-42-44-46-48-51-54-57-60-63-66-69-75(78)81-72-73(71-80-74(77)68-65-62-59-56-53-50-27-24-21-18-15-12-9-6-3)82-76(79)70-67-64-61-58-55-52-49-47-45-43-40-35-33-31-29-26-23-20-17-14-11-8-5-2/h8,11,15,17-18,20,22,24-27,29-30,32-33,35,43,45,49,52,73H,4-7,9-10,12-14,16,19,21,23,28,31,34,36-42,44,46-48,50-51,53-72H2,1-3H3/b11-8-,18-15-,20-17-,25-22-,27-24-,29-26-,32-30-,35-33-,45-43-,52-49-. The third kappa shape index (κ3) is 66.6. The first-order chi connectivity index (χ1) is 40.5. The summed E-state index contributed by atoms with van der Waals surface area (Å²) in [5, 5.41) is 0. The van der Waals surface area contributed by atoms with Crippen LogP contribution in [0, 0.1) is 0 Å². The van der Waals surface area contributed by atoms with Crippen LogP contribution in [-0.4, -0.2) is 37.2 Å². The molecule has 1 unspecified atom stereocenters. The quantitative estimate of drug-likeness (QED) is 0.0261. The molecule has 0 aromatic heterocycles. The summed E-state index contributed by atoms with van der Waals surface area (Å²) >= 11 is 0. The molecule has 0 saturated carbocycles. The number of carbonyl (C=O) groups excluding carboxylic acids is 3. The van der Waals surface area contributed by atoms with Gasteiger partial charge in [-0.3, -0.25) is 14.4 Å². The maximum atomic E-state index is 12.9. The first kappa shape index (κ1) is 77.8. The minimum absolute atomic E-state index is 0.0942. The Labute approximate surface area is 507 Å². The van der Waals surface area contributed by atoms with Crippen LogP contribution in [0.25, 0.3) is 0 Å². The number of unbranched alkanes of at least 4 members (excludes halogenated alkanes) is 31. The van der Waals surface area contributed by atoms with Crippen molar-refractivity contribution in [3.8, 4) is 0 Å². The molecule has 6 nitrogen and oxygen atoms in total. The predicted octanol–water partition coefficient (Wildman–Crippen LogP) is 23.9. The lowest BCUT2D eigenvalue weighted by Crippen LogP contribution is -2.30. The van der Waals surface area contributed by atoms with Crippen molar-refractivity contribution in [3.05, 3.63) is 122 Å². The molecule has 0 radical (unpaired) electrons. The van der Waals surface area contributed by atoms with Gasteiger partial charge in [-0.05, 0) is 128 Å². The normalized spacial score (nSPS) is 12.9. The van der Waals surface area contributed by atoms with Crippen molar-refractivity contribution in [2.75, 3.05) is 13.2 Å². The Bertz CT molecular complexity index is 1690. The Kier molecular flexibility index (Phi) is 65.8. The second kappa shape index (κ2) is 69.3. The van der Waals surface area contributed by atoms with Gasteiger partial charge in [0.25, 0.3) is 0 Å². The van der Waals surface area contributed by atoms with Crippen LogP contribution in [0.1, 0.15) is 323 Å². The van der Waals surface area contributed by atoms with Gasteiger partial charge in [0.2, 0.25) is 0 Å². The Balaban J connectivity index is 4.36. The lowest BCUT2D eigenvalue weighted by molar-refractivity contribution is -0.167. The summed E-state index contributed by atoms with van der Waals surface area (Å²) in [5.41, 5.74) is 0. The molecule has 468 valence electrons. The molecule has 6 heteroatoms. The molecular weight excluding hydrogens is 1010 g/mol. The molecule has 0 saturated heterocycles. The van der Waals surface area contributed by atoms with Gasteiger partial charge in [0, 0.05) is 19.3 Å². The summed E-state index contributed by atoms with van der Waals surface area (Å²) in [6.45, 7) is 6.47. The molecule has 0 bridgehead atoms. The lowest BCUT2D eigenvalue weighted by atomic mass is 10.0. The highest BCUT2D eigenvalue weighted by molar-refractivity contribution is 5.71. The minimum Gasteiger partial charge on any atom is -0.462 e. The molecule has 0 amide bonds. The van der Waals surface area contributed by atoms with E-state index in [1.165, 1.54) is 141 Å². The third-order valence-electron chi connectivity index (χ3n) is 14.7. The maximum Gasteiger partial charge on any atom is 0.306 e. The van der Waals surface area contributed by atoms with Crippen molar-refractivity contribution in [2.24, 2.45) is 0 Å². The molecule has 0 rings (SSSR count). The monoisotopic (exact) mass is 1140 g/mol. The summed E-state index contributed by atoms with van der Waals surface area (Å²) in [4.78, 5) is 38.4. The number of carbonyl (C=O) groups is 3. The average Bonchev–Trinajstić information content (AvgIpc) is 3.47. The zero-order valence-corrected chi connectivity index (χ0v) is 53.7. The molecule has 0 spiro atoms. The number of rotatable bonds is 62. The highest BCUT2D eigenvalue weighted by Gasteiger charge is 2.19. The van der Waals surface area contributed by atoms with Crippen molar-refractivity contribution in [1.29, 1.82) is 0 Å². The second-order valence-corrected chi connectivity index (χ2v) is 22.7. The van der Waals surface area contributed by atoms with Crippen molar-refractivity contribution in [1.82, 2.24) is 0 Å². The zero-order valence-electron chi connectivity index (χ0n) is 53.7. The van der Waals surface area contributed by atoms with Crippen LogP contribution in [0.4, 0.5) is 0 Å². The van der Waals surface area contributed by atoms with Gasteiger partial charge in [-0.25, -0.2) is 0 Å². The molecular formula is C76H128O6. The highest BCUT2D eigenvalue weighted by atomic mass is 16.6. The predicted molar refractivity (Wildman–Crippen MR) is 357 cm³/mol. The number of ether oxygens (including phenoxy) is 3.